The number of furan rings is 2. The minimum absolute atomic E-state index is 0.00949. The Morgan fingerprint density at radius 2 is 1.81 bits per heavy atom. The molecule has 4 heterocycles. The molecule has 0 spiro atoms. The molecule has 0 unspecified atom stereocenters. The molecule has 1 aliphatic carbocycles. The van der Waals surface area contributed by atoms with E-state index in [1.54, 1.807) is 23.9 Å². The van der Waals surface area contributed by atoms with Crippen LogP contribution in [0.5, 0.6) is 0 Å². The summed E-state index contributed by atoms with van der Waals surface area (Å²) in [4.78, 5) is 23.9. The van der Waals surface area contributed by atoms with Crippen LogP contribution in [-0.4, -0.2) is 9.97 Å². The molecule has 0 aromatic carbocycles. The number of quaternary nitrogens is 1. The molecule has 5 rings (SSSR count). The number of fused-ring (bicyclic) bond motifs is 3. The monoisotopic (exact) mass is 382 g/mol. The van der Waals surface area contributed by atoms with E-state index in [4.69, 9.17) is 13.8 Å². The van der Waals surface area contributed by atoms with Gasteiger partial charge >= 0.3 is 0 Å². The van der Waals surface area contributed by atoms with E-state index in [-0.39, 0.29) is 5.56 Å². The standard InChI is InChI=1S/C20H19N3O3S/c24-19-18-15-6-1-7-16(15)27-20(18)22-17(21-19)12-23(10-13-4-2-8-25-13)11-14-5-3-9-26-14/h2-5,8-9H,1,6-7,10-12H2,(H,21,22,24)/p+1. The minimum Gasteiger partial charge on any atom is -0.463 e. The van der Waals surface area contributed by atoms with Gasteiger partial charge in [-0.15, -0.1) is 11.3 Å². The van der Waals surface area contributed by atoms with Crippen molar-refractivity contribution in [3.8, 4) is 0 Å². The van der Waals surface area contributed by atoms with Crippen LogP contribution in [0.3, 0.4) is 0 Å². The fraction of sp³-hybridized carbons (Fsp3) is 0.300. The largest absolute Gasteiger partial charge is 0.463 e. The normalized spacial score (nSPS) is 13.7. The first-order valence-electron chi connectivity index (χ1n) is 9.18. The first-order chi connectivity index (χ1) is 13.3. The summed E-state index contributed by atoms with van der Waals surface area (Å²) in [6.45, 7) is 1.97. The van der Waals surface area contributed by atoms with Crippen LogP contribution in [0.4, 0.5) is 0 Å². The third-order valence-electron chi connectivity index (χ3n) is 5.05. The maximum Gasteiger partial charge on any atom is 0.260 e. The van der Waals surface area contributed by atoms with Gasteiger partial charge in [0.15, 0.2) is 17.3 Å². The highest BCUT2D eigenvalue weighted by atomic mass is 32.1. The van der Waals surface area contributed by atoms with E-state index < -0.39 is 0 Å². The predicted molar refractivity (Wildman–Crippen MR) is 102 cm³/mol. The molecule has 2 N–H and O–H groups in total. The molecule has 0 fully saturated rings. The molecule has 0 atom stereocenters. The van der Waals surface area contributed by atoms with E-state index in [9.17, 15) is 4.79 Å². The fourth-order valence-corrected chi connectivity index (χ4v) is 5.15. The Bertz CT molecular complexity index is 1070. The molecule has 0 saturated carbocycles. The molecule has 27 heavy (non-hydrogen) atoms. The maximum absolute atomic E-state index is 12.7. The molecule has 6 nitrogen and oxygen atoms in total. The van der Waals surface area contributed by atoms with Crippen molar-refractivity contribution < 1.29 is 13.7 Å². The van der Waals surface area contributed by atoms with Crippen LogP contribution in [0.25, 0.3) is 10.2 Å². The van der Waals surface area contributed by atoms with Crippen molar-refractivity contribution in [2.75, 3.05) is 0 Å². The molecule has 4 aromatic rings. The average Bonchev–Trinajstić information content (AvgIpc) is 3.39. The average molecular weight is 382 g/mol. The quantitative estimate of drug-likeness (QED) is 0.537. The molecule has 0 radical (unpaired) electrons. The highest BCUT2D eigenvalue weighted by molar-refractivity contribution is 7.18. The van der Waals surface area contributed by atoms with Gasteiger partial charge in [0.2, 0.25) is 0 Å². The molecule has 138 valence electrons. The molecule has 1 aliphatic rings. The van der Waals surface area contributed by atoms with Gasteiger partial charge in [-0.1, -0.05) is 0 Å². The second kappa shape index (κ2) is 6.83. The smallest absolute Gasteiger partial charge is 0.260 e. The topological polar surface area (TPSA) is 76.5 Å². The number of aryl methyl sites for hydroxylation is 2. The van der Waals surface area contributed by atoms with Crippen LogP contribution in [0.15, 0.2) is 50.4 Å². The second-order valence-electron chi connectivity index (χ2n) is 6.99. The van der Waals surface area contributed by atoms with E-state index in [1.165, 1.54) is 15.3 Å². The summed E-state index contributed by atoms with van der Waals surface area (Å²) in [5.74, 6) is 2.51. The van der Waals surface area contributed by atoms with E-state index in [1.807, 2.05) is 24.3 Å². The Morgan fingerprint density at radius 3 is 2.48 bits per heavy atom. The molecule has 0 saturated heterocycles. The Balaban J connectivity index is 1.45. The van der Waals surface area contributed by atoms with Crippen molar-refractivity contribution >= 4 is 21.6 Å². The summed E-state index contributed by atoms with van der Waals surface area (Å²) in [6, 6.07) is 7.70. The number of nitrogens with one attached hydrogen (secondary N) is 2. The lowest BCUT2D eigenvalue weighted by atomic mass is 10.2. The van der Waals surface area contributed by atoms with Gasteiger partial charge < -0.3 is 18.7 Å². The highest BCUT2D eigenvalue weighted by Crippen LogP contribution is 2.34. The number of aromatic amines is 1. The van der Waals surface area contributed by atoms with E-state index in [0.29, 0.717) is 25.5 Å². The molecular weight excluding hydrogens is 362 g/mol. The number of hydrogen-bond acceptors (Lipinski definition) is 5. The molecule has 0 amide bonds. The molecule has 0 aliphatic heterocycles. The summed E-state index contributed by atoms with van der Waals surface area (Å²) < 4.78 is 11.0. The summed E-state index contributed by atoms with van der Waals surface area (Å²) in [6.07, 6.45) is 6.56. The predicted octanol–water partition coefficient (Wildman–Crippen LogP) is 2.44. The van der Waals surface area contributed by atoms with Crippen LogP contribution in [0.2, 0.25) is 0 Å². The Morgan fingerprint density at radius 1 is 1.07 bits per heavy atom. The first-order valence-corrected chi connectivity index (χ1v) is 9.99. The summed E-state index contributed by atoms with van der Waals surface area (Å²) in [5, 5.41) is 0.801. The molecule has 4 aromatic heterocycles. The Kier molecular flexibility index (Phi) is 4.18. The zero-order chi connectivity index (χ0) is 18.2. The van der Waals surface area contributed by atoms with Gasteiger partial charge in [-0.3, -0.25) is 4.79 Å². The summed E-state index contributed by atoms with van der Waals surface area (Å²) >= 11 is 1.68. The number of thiophene rings is 1. The number of nitrogens with zero attached hydrogens (tertiary/aromatic N) is 1. The van der Waals surface area contributed by atoms with Crippen LogP contribution in [0.1, 0.15) is 34.2 Å². The second-order valence-corrected chi connectivity index (χ2v) is 8.07. The zero-order valence-corrected chi connectivity index (χ0v) is 15.6. The molecular formula is C20H20N3O3S+. The Hall–Kier alpha value is -2.64. The number of aromatic nitrogens is 2. The van der Waals surface area contributed by atoms with E-state index in [2.05, 4.69) is 4.98 Å². The molecule has 7 heteroatoms. The Labute approximate surface area is 159 Å². The minimum atomic E-state index is -0.00949. The lowest BCUT2D eigenvalue weighted by molar-refractivity contribution is -0.943. The van der Waals surface area contributed by atoms with Gasteiger partial charge in [0.25, 0.3) is 5.56 Å². The van der Waals surface area contributed by atoms with Gasteiger partial charge in [0, 0.05) is 4.88 Å². The van der Waals surface area contributed by atoms with E-state index >= 15 is 0 Å². The van der Waals surface area contributed by atoms with Crippen LogP contribution in [-0.2, 0) is 32.5 Å². The fourth-order valence-electron chi connectivity index (χ4n) is 3.87. The lowest BCUT2D eigenvalue weighted by Crippen LogP contribution is -3.08. The lowest BCUT2D eigenvalue weighted by Gasteiger charge is -2.16. The zero-order valence-electron chi connectivity index (χ0n) is 14.8. The van der Waals surface area contributed by atoms with Crippen molar-refractivity contribution in [2.24, 2.45) is 0 Å². The van der Waals surface area contributed by atoms with Gasteiger partial charge in [-0.25, -0.2) is 4.98 Å². The molecule has 0 bridgehead atoms. The van der Waals surface area contributed by atoms with Gasteiger partial charge in [0.05, 0.1) is 17.9 Å². The van der Waals surface area contributed by atoms with Crippen LogP contribution in [0, 0.1) is 0 Å². The van der Waals surface area contributed by atoms with Crippen molar-refractivity contribution in [3.05, 3.63) is 74.9 Å². The maximum atomic E-state index is 12.7. The third-order valence-corrected chi connectivity index (χ3v) is 6.24. The van der Waals surface area contributed by atoms with Gasteiger partial charge in [-0.05, 0) is 49.1 Å². The highest BCUT2D eigenvalue weighted by Gasteiger charge is 2.22. The number of rotatable bonds is 6. The SMILES string of the molecule is O=c1[nH]c(C[NH+](Cc2ccco2)Cc2ccco2)nc2sc3c(c12)CCC3. The van der Waals surface area contributed by atoms with Gasteiger partial charge in [0.1, 0.15) is 24.5 Å². The third kappa shape index (κ3) is 3.24. The van der Waals surface area contributed by atoms with Crippen molar-refractivity contribution in [2.45, 2.75) is 38.9 Å². The van der Waals surface area contributed by atoms with Crippen molar-refractivity contribution in [1.82, 2.24) is 9.97 Å². The van der Waals surface area contributed by atoms with Crippen LogP contribution < -0.4 is 10.5 Å². The summed E-state index contributed by atoms with van der Waals surface area (Å²) in [7, 11) is 0. The number of hydrogen-bond donors (Lipinski definition) is 2. The van der Waals surface area contributed by atoms with Crippen molar-refractivity contribution in [3.63, 3.8) is 0 Å². The first kappa shape index (κ1) is 16.5. The number of H-pyrrole nitrogens is 1. The summed E-state index contributed by atoms with van der Waals surface area (Å²) in [5.41, 5.74) is 1.20. The van der Waals surface area contributed by atoms with E-state index in [0.717, 1.165) is 41.0 Å². The van der Waals surface area contributed by atoms with Crippen molar-refractivity contribution in [1.29, 1.82) is 0 Å². The van der Waals surface area contributed by atoms with Crippen LogP contribution >= 0.6 is 11.3 Å². The van der Waals surface area contributed by atoms with Gasteiger partial charge in [-0.2, -0.15) is 0 Å².